The van der Waals surface area contributed by atoms with Gasteiger partial charge in [0, 0.05) is 13.4 Å². The Bertz CT molecular complexity index is 653. The van der Waals surface area contributed by atoms with Crippen LogP contribution in [0.15, 0.2) is 43.7 Å². The van der Waals surface area contributed by atoms with Gasteiger partial charge in [-0.15, -0.1) is 0 Å². The minimum absolute atomic E-state index is 0.166. The Morgan fingerprint density at radius 2 is 1.62 bits per heavy atom. The molecule has 1 atom stereocenters. The standard InChI is InChI=1S/C17H18Br3N/c1-4-21-17(13-8-12(18)6-5-10(13)2)14-9-15(19)11(3)7-16(14)20/h5-9,17,21H,4H2,1-3H3. The first kappa shape index (κ1) is 17.2. The largest absolute Gasteiger partial charge is 0.306 e. The van der Waals surface area contributed by atoms with E-state index in [0.717, 1.165) is 20.0 Å². The molecule has 0 amide bonds. The van der Waals surface area contributed by atoms with Gasteiger partial charge in [-0.2, -0.15) is 0 Å². The molecule has 0 fully saturated rings. The Hall–Kier alpha value is -0.160. The molecule has 1 N–H and O–H groups in total. The Kier molecular flexibility index (Phi) is 6.06. The van der Waals surface area contributed by atoms with Crippen LogP contribution in [0.2, 0.25) is 0 Å². The number of rotatable bonds is 4. The summed E-state index contributed by atoms with van der Waals surface area (Å²) < 4.78 is 3.37. The van der Waals surface area contributed by atoms with Crippen LogP contribution in [0.1, 0.15) is 35.2 Å². The fourth-order valence-corrected chi connectivity index (χ4v) is 3.82. The zero-order valence-electron chi connectivity index (χ0n) is 12.3. The third-order valence-corrected chi connectivity index (χ3v) is 5.58. The molecule has 0 aromatic heterocycles. The summed E-state index contributed by atoms with van der Waals surface area (Å²) >= 11 is 11.0. The highest BCUT2D eigenvalue weighted by Crippen LogP contribution is 2.35. The molecular formula is C17H18Br3N. The van der Waals surface area contributed by atoms with Gasteiger partial charge < -0.3 is 5.32 Å². The number of benzene rings is 2. The van der Waals surface area contributed by atoms with Crippen LogP contribution in [0.4, 0.5) is 0 Å². The number of hydrogen-bond donors (Lipinski definition) is 1. The Morgan fingerprint density at radius 3 is 2.29 bits per heavy atom. The summed E-state index contributed by atoms with van der Waals surface area (Å²) in [4.78, 5) is 0. The zero-order chi connectivity index (χ0) is 15.6. The summed E-state index contributed by atoms with van der Waals surface area (Å²) in [6.07, 6.45) is 0. The van der Waals surface area contributed by atoms with Gasteiger partial charge in [-0.3, -0.25) is 0 Å². The highest BCUT2D eigenvalue weighted by molar-refractivity contribution is 9.11. The van der Waals surface area contributed by atoms with Gasteiger partial charge in [0.1, 0.15) is 0 Å². The second-order valence-electron chi connectivity index (χ2n) is 5.11. The van der Waals surface area contributed by atoms with E-state index in [1.54, 1.807) is 0 Å². The Labute approximate surface area is 151 Å². The molecule has 0 saturated carbocycles. The Balaban J connectivity index is 2.58. The maximum Gasteiger partial charge on any atom is 0.0591 e. The molecular weight excluding hydrogens is 458 g/mol. The van der Waals surface area contributed by atoms with Crippen LogP contribution in [0, 0.1) is 13.8 Å². The molecule has 21 heavy (non-hydrogen) atoms. The van der Waals surface area contributed by atoms with E-state index in [-0.39, 0.29) is 6.04 Å². The van der Waals surface area contributed by atoms with E-state index in [2.05, 4.69) is 104 Å². The fourth-order valence-electron chi connectivity index (χ4n) is 2.40. The number of nitrogens with one attached hydrogen (secondary N) is 1. The third-order valence-electron chi connectivity index (χ3n) is 3.55. The van der Waals surface area contributed by atoms with E-state index >= 15 is 0 Å². The van der Waals surface area contributed by atoms with E-state index in [9.17, 15) is 0 Å². The first-order valence-corrected chi connectivity index (χ1v) is 9.27. The predicted molar refractivity (Wildman–Crippen MR) is 101 cm³/mol. The van der Waals surface area contributed by atoms with Crippen LogP contribution in [-0.2, 0) is 0 Å². The molecule has 2 rings (SSSR count). The highest BCUT2D eigenvalue weighted by Gasteiger charge is 2.19. The van der Waals surface area contributed by atoms with Gasteiger partial charge in [-0.25, -0.2) is 0 Å². The van der Waals surface area contributed by atoms with Crippen molar-refractivity contribution in [1.29, 1.82) is 0 Å². The van der Waals surface area contributed by atoms with Crippen molar-refractivity contribution in [3.63, 3.8) is 0 Å². The summed E-state index contributed by atoms with van der Waals surface area (Å²) in [7, 11) is 0. The van der Waals surface area contributed by atoms with Gasteiger partial charge in [0.15, 0.2) is 0 Å². The van der Waals surface area contributed by atoms with Crippen molar-refractivity contribution in [3.05, 3.63) is 66.0 Å². The van der Waals surface area contributed by atoms with Crippen LogP contribution in [0.25, 0.3) is 0 Å². The quantitative estimate of drug-likeness (QED) is 0.548. The van der Waals surface area contributed by atoms with E-state index in [1.165, 1.54) is 22.3 Å². The monoisotopic (exact) mass is 473 g/mol. The SMILES string of the molecule is CCNC(c1cc(Br)ccc1C)c1cc(Br)c(C)cc1Br. The van der Waals surface area contributed by atoms with E-state index in [1.807, 2.05) is 0 Å². The molecule has 0 aliphatic carbocycles. The van der Waals surface area contributed by atoms with E-state index < -0.39 is 0 Å². The second-order valence-corrected chi connectivity index (χ2v) is 7.74. The summed E-state index contributed by atoms with van der Waals surface area (Å²) in [6, 6.07) is 11.0. The summed E-state index contributed by atoms with van der Waals surface area (Å²) in [6.45, 7) is 7.31. The molecule has 0 spiro atoms. The van der Waals surface area contributed by atoms with Gasteiger partial charge in [0.05, 0.1) is 6.04 Å². The molecule has 0 saturated heterocycles. The van der Waals surface area contributed by atoms with Crippen LogP contribution in [0.5, 0.6) is 0 Å². The normalized spacial score (nSPS) is 12.5. The zero-order valence-corrected chi connectivity index (χ0v) is 17.1. The minimum atomic E-state index is 0.166. The number of aryl methyl sites for hydroxylation is 2. The first-order chi connectivity index (χ1) is 9.93. The van der Waals surface area contributed by atoms with Crippen molar-refractivity contribution in [2.45, 2.75) is 26.8 Å². The topological polar surface area (TPSA) is 12.0 Å². The van der Waals surface area contributed by atoms with Crippen molar-refractivity contribution < 1.29 is 0 Å². The maximum absolute atomic E-state index is 3.72. The average molecular weight is 476 g/mol. The molecule has 4 heteroatoms. The molecule has 112 valence electrons. The molecule has 2 aromatic carbocycles. The lowest BCUT2D eigenvalue weighted by atomic mass is 9.94. The van der Waals surface area contributed by atoms with E-state index in [0.29, 0.717) is 0 Å². The van der Waals surface area contributed by atoms with Gasteiger partial charge in [-0.1, -0.05) is 60.8 Å². The molecule has 2 aromatic rings. The minimum Gasteiger partial charge on any atom is -0.306 e. The number of halogens is 3. The molecule has 1 unspecified atom stereocenters. The average Bonchev–Trinajstić information content (AvgIpc) is 2.43. The van der Waals surface area contributed by atoms with Crippen LogP contribution in [0.3, 0.4) is 0 Å². The molecule has 0 bridgehead atoms. The van der Waals surface area contributed by atoms with Gasteiger partial charge in [-0.05, 0) is 66.9 Å². The second kappa shape index (κ2) is 7.40. The summed E-state index contributed by atoms with van der Waals surface area (Å²) in [5.41, 5.74) is 5.05. The predicted octanol–water partition coefficient (Wildman–Crippen LogP) is 6.29. The summed E-state index contributed by atoms with van der Waals surface area (Å²) in [5.74, 6) is 0. The molecule has 0 aliphatic rings. The lowest BCUT2D eigenvalue weighted by Crippen LogP contribution is -2.23. The van der Waals surface area contributed by atoms with Crippen LogP contribution < -0.4 is 5.32 Å². The van der Waals surface area contributed by atoms with Gasteiger partial charge >= 0.3 is 0 Å². The Morgan fingerprint density at radius 1 is 0.905 bits per heavy atom. The van der Waals surface area contributed by atoms with Crippen LogP contribution >= 0.6 is 47.8 Å². The van der Waals surface area contributed by atoms with Crippen molar-refractivity contribution in [2.75, 3.05) is 6.54 Å². The van der Waals surface area contributed by atoms with Crippen molar-refractivity contribution in [3.8, 4) is 0 Å². The van der Waals surface area contributed by atoms with Crippen molar-refractivity contribution >= 4 is 47.8 Å². The smallest absolute Gasteiger partial charge is 0.0591 e. The lowest BCUT2D eigenvalue weighted by Gasteiger charge is -2.23. The summed E-state index contributed by atoms with van der Waals surface area (Å²) in [5, 5.41) is 3.60. The highest BCUT2D eigenvalue weighted by atomic mass is 79.9. The van der Waals surface area contributed by atoms with Crippen molar-refractivity contribution in [1.82, 2.24) is 5.32 Å². The molecule has 1 nitrogen and oxygen atoms in total. The van der Waals surface area contributed by atoms with E-state index in [4.69, 9.17) is 0 Å². The van der Waals surface area contributed by atoms with Gasteiger partial charge in [0.25, 0.3) is 0 Å². The molecule has 0 aliphatic heterocycles. The molecule has 0 heterocycles. The lowest BCUT2D eigenvalue weighted by molar-refractivity contribution is 0.625. The first-order valence-electron chi connectivity index (χ1n) is 6.89. The fraction of sp³-hybridized carbons (Fsp3) is 0.294. The van der Waals surface area contributed by atoms with Gasteiger partial charge in [0.2, 0.25) is 0 Å². The maximum atomic E-state index is 3.72. The van der Waals surface area contributed by atoms with Crippen LogP contribution in [-0.4, -0.2) is 6.54 Å². The third kappa shape index (κ3) is 3.98. The van der Waals surface area contributed by atoms with Crippen molar-refractivity contribution in [2.24, 2.45) is 0 Å². The molecule has 0 radical (unpaired) electrons. The number of hydrogen-bond acceptors (Lipinski definition) is 1.